The molecular weight excluding hydrogens is 279 g/mol. The number of hydrogen-bond donors (Lipinski definition) is 0. The molecule has 0 N–H and O–H groups in total. The first-order valence-electron chi connectivity index (χ1n) is 6.17. The number of rotatable bonds is 6. The highest BCUT2D eigenvalue weighted by Gasteiger charge is 2.19. The van der Waals surface area contributed by atoms with Gasteiger partial charge in [-0.15, -0.1) is 0 Å². The van der Waals surface area contributed by atoms with Crippen molar-refractivity contribution < 1.29 is 9.09 Å². The van der Waals surface area contributed by atoms with Crippen LogP contribution in [0.5, 0.6) is 0 Å². The first-order valence-corrected chi connectivity index (χ1v) is 8.88. The van der Waals surface area contributed by atoms with E-state index >= 15 is 0 Å². The highest BCUT2D eigenvalue weighted by molar-refractivity contribution is 7.84. The molecule has 1 atom stereocenters. The fourth-order valence-electron chi connectivity index (χ4n) is 1.79. The predicted octanol–water partition coefficient (Wildman–Crippen LogP) is 4.88. The summed E-state index contributed by atoms with van der Waals surface area (Å²) in [7, 11) is 0. The van der Waals surface area contributed by atoms with Crippen LogP contribution in [0.25, 0.3) is 0 Å². The minimum absolute atomic E-state index is 0.268. The molecule has 0 fully saturated rings. The Balaban J connectivity index is 1.83. The number of hydrogen-bond acceptors (Lipinski definition) is 2. The van der Waals surface area contributed by atoms with Gasteiger partial charge in [0.2, 0.25) is 0 Å². The van der Waals surface area contributed by atoms with Gasteiger partial charge in [0.05, 0.1) is 12.8 Å². The molecule has 0 bridgehead atoms. The SMILES string of the molecule is O=P(Cl)(Cc1ccccc1)OCCc1ccccc1. The van der Waals surface area contributed by atoms with Crippen molar-refractivity contribution in [2.45, 2.75) is 12.6 Å². The second-order valence-corrected chi connectivity index (χ2v) is 7.60. The smallest absolute Gasteiger partial charge is 0.294 e. The zero-order valence-electron chi connectivity index (χ0n) is 10.5. The summed E-state index contributed by atoms with van der Waals surface area (Å²) in [6.45, 7) is -2.71. The molecule has 0 spiro atoms. The van der Waals surface area contributed by atoms with E-state index in [2.05, 4.69) is 0 Å². The van der Waals surface area contributed by atoms with E-state index in [-0.39, 0.29) is 6.16 Å². The minimum atomic E-state index is -3.08. The minimum Gasteiger partial charge on any atom is -0.317 e. The van der Waals surface area contributed by atoms with Gasteiger partial charge in [-0.3, -0.25) is 4.57 Å². The van der Waals surface area contributed by atoms with Crippen LogP contribution in [0.3, 0.4) is 0 Å². The fraction of sp³-hybridized carbons (Fsp3) is 0.200. The van der Waals surface area contributed by atoms with E-state index < -0.39 is 6.72 Å². The zero-order valence-corrected chi connectivity index (χ0v) is 12.2. The summed E-state index contributed by atoms with van der Waals surface area (Å²) in [5.41, 5.74) is 2.08. The molecule has 1 unspecified atom stereocenters. The van der Waals surface area contributed by atoms with Crippen LogP contribution in [0.1, 0.15) is 11.1 Å². The summed E-state index contributed by atoms with van der Waals surface area (Å²) in [6.07, 6.45) is 0.983. The van der Waals surface area contributed by atoms with Gasteiger partial charge in [0.1, 0.15) is 0 Å². The van der Waals surface area contributed by atoms with Crippen molar-refractivity contribution in [3.63, 3.8) is 0 Å². The Morgan fingerprint density at radius 3 is 2.00 bits per heavy atom. The Bertz CT molecular complexity index is 543. The number of halogens is 1. The van der Waals surface area contributed by atoms with Crippen molar-refractivity contribution >= 4 is 18.0 Å². The third-order valence-corrected chi connectivity index (χ3v) is 4.69. The topological polar surface area (TPSA) is 26.3 Å². The molecule has 0 aromatic heterocycles. The van der Waals surface area contributed by atoms with Crippen molar-refractivity contribution in [1.29, 1.82) is 0 Å². The van der Waals surface area contributed by atoms with Crippen molar-refractivity contribution in [3.8, 4) is 0 Å². The lowest BCUT2D eigenvalue weighted by Gasteiger charge is -2.11. The van der Waals surface area contributed by atoms with Crippen LogP contribution >= 0.6 is 18.0 Å². The predicted molar refractivity (Wildman–Crippen MR) is 79.7 cm³/mol. The van der Waals surface area contributed by atoms with E-state index in [1.54, 1.807) is 0 Å². The summed E-state index contributed by atoms with van der Waals surface area (Å²) in [5, 5.41) is 0. The molecule has 0 aliphatic heterocycles. The van der Waals surface area contributed by atoms with Crippen molar-refractivity contribution in [2.75, 3.05) is 6.61 Å². The van der Waals surface area contributed by atoms with Gasteiger partial charge in [0.15, 0.2) is 0 Å². The average Bonchev–Trinajstić information content (AvgIpc) is 2.40. The lowest BCUT2D eigenvalue weighted by molar-refractivity contribution is 0.327. The Labute approximate surface area is 118 Å². The van der Waals surface area contributed by atoms with E-state index in [0.717, 1.165) is 11.1 Å². The lowest BCUT2D eigenvalue weighted by atomic mass is 10.2. The monoisotopic (exact) mass is 294 g/mol. The van der Waals surface area contributed by atoms with E-state index in [9.17, 15) is 4.57 Å². The molecule has 0 saturated heterocycles. The summed E-state index contributed by atoms with van der Waals surface area (Å²) in [6, 6.07) is 19.4. The molecule has 0 aliphatic carbocycles. The quantitative estimate of drug-likeness (QED) is 0.710. The van der Waals surface area contributed by atoms with Gasteiger partial charge in [-0.05, 0) is 28.8 Å². The van der Waals surface area contributed by atoms with Crippen LogP contribution in [0, 0.1) is 0 Å². The first-order chi connectivity index (χ1) is 9.16. The van der Waals surface area contributed by atoms with Crippen LogP contribution in [0.15, 0.2) is 60.7 Å². The van der Waals surface area contributed by atoms with Gasteiger partial charge in [0, 0.05) is 0 Å². The van der Waals surface area contributed by atoms with Crippen molar-refractivity contribution in [1.82, 2.24) is 0 Å². The maximum Gasteiger partial charge on any atom is 0.294 e. The molecule has 4 heteroatoms. The first kappa shape index (κ1) is 14.3. The van der Waals surface area contributed by atoms with Gasteiger partial charge >= 0.3 is 0 Å². The molecule has 100 valence electrons. The molecule has 19 heavy (non-hydrogen) atoms. The highest BCUT2D eigenvalue weighted by Crippen LogP contribution is 2.55. The second-order valence-electron chi connectivity index (χ2n) is 4.30. The Morgan fingerprint density at radius 2 is 1.42 bits per heavy atom. The molecule has 0 saturated carbocycles. The van der Waals surface area contributed by atoms with Crippen LogP contribution in [0.4, 0.5) is 0 Å². The summed E-state index contributed by atoms with van der Waals surface area (Å²) in [5.74, 6) is 0. The fourth-order valence-corrected chi connectivity index (χ4v) is 3.51. The van der Waals surface area contributed by atoms with Gasteiger partial charge in [-0.1, -0.05) is 60.7 Å². The molecule has 2 rings (SSSR count). The standard InChI is InChI=1S/C15H16ClO2P/c16-19(17,13-15-9-5-2-6-10-15)18-12-11-14-7-3-1-4-8-14/h1-10H,11-13H2. The molecule has 2 nitrogen and oxygen atoms in total. The molecule has 0 radical (unpaired) electrons. The molecule has 0 aliphatic rings. The largest absolute Gasteiger partial charge is 0.317 e. The molecule has 2 aromatic carbocycles. The van der Waals surface area contributed by atoms with E-state index in [1.165, 1.54) is 0 Å². The Kier molecular flexibility index (Phi) is 5.21. The van der Waals surface area contributed by atoms with Crippen LogP contribution < -0.4 is 0 Å². The van der Waals surface area contributed by atoms with Gasteiger partial charge in [-0.2, -0.15) is 0 Å². The summed E-state index contributed by atoms with van der Waals surface area (Å²) in [4.78, 5) is 0. The van der Waals surface area contributed by atoms with Crippen LogP contribution in [-0.4, -0.2) is 6.61 Å². The molecule has 0 amide bonds. The third kappa shape index (κ3) is 5.20. The van der Waals surface area contributed by atoms with Gasteiger partial charge in [-0.25, -0.2) is 0 Å². The summed E-state index contributed by atoms with van der Waals surface area (Å²) >= 11 is 5.97. The van der Waals surface area contributed by atoms with Crippen molar-refractivity contribution in [3.05, 3.63) is 71.8 Å². The summed E-state index contributed by atoms with van der Waals surface area (Å²) < 4.78 is 17.5. The maximum absolute atomic E-state index is 12.1. The maximum atomic E-state index is 12.1. The molecule has 2 aromatic rings. The van der Waals surface area contributed by atoms with Gasteiger partial charge < -0.3 is 4.52 Å². The zero-order chi connectivity index (χ0) is 13.6. The van der Waals surface area contributed by atoms with E-state index in [1.807, 2.05) is 60.7 Å². The third-order valence-electron chi connectivity index (χ3n) is 2.73. The number of benzene rings is 2. The lowest BCUT2D eigenvalue weighted by Crippen LogP contribution is -1.96. The normalized spacial score (nSPS) is 13.9. The second kappa shape index (κ2) is 6.91. The van der Waals surface area contributed by atoms with Crippen molar-refractivity contribution in [2.24, 2.45) is 0 Å². The Hall–Kier alpha value is -1.08. The van der Waals surface area contributed by atoms with Gasteiger partial charge in [0.25, 0.3) is 6.72 Å². The van der Waals surface area contributed by atoms with E-state index in [4.69, 9.17) is 15.8 Å². The van der Waals surface area contributed by atoms with Crippen LogP contribution in [0.2, 0.25) is 0 Å². The molecular formula is C15H16ClO2P. The Morgan fingerprint density at radius 1 is 0.895 bits per heavy atom. The van der Waals surface area contributed by atoms with Crippen LogP contribution in [-0.2, 0) is 21.7 Å². The highest BCUT2D eigenvalue weighted by atomic mass is 35.7. The van der Waals surface area contributed by atoms with E-state index in [0.29, 0.717) is 13.0 Å². The average molecular weight is 295 g/mol. The molecule has 0 heterocycles.